The zero-order chi connectivity index (χ0) is 33.1. The molecular weight excluding hydrogens is 599 g/mol. The van der Waals surface area contributed by atoms with E-state index < -0.39 is 23.8 Å². The molecule has 5 aromatic rings. The largest absolute Gasteiger partial charge is 0.473 e. The van der Waals surface area contributed by atoms with Crippen LogP contribution in [0.3, 0.4) is 0 Å². The number of rotatable bonds is 8. The van der Waals surface area contributed by atoms with Gasteiger partial charge >= 0.3 is 11.8 Å². The maximum Gasteiger partial charge on any atom is 0.410 e. The molecule has 0 saturated carbocycles. The van der Waals surface area contributed by atoms with E-state index in [1.807, 2.05) is 99.6 Å². The first-order valence-corrected chi connectivity index (χ1v) is 15.8. The standard InChI is InChI=1S/C37H39FN4O5/c1-37(2,3)47-36(44)41-20-19-29(38)28(22-41)27-15-16-30-32(21-27)40(4)35(43)42(30)31-17-18-33(45-23-25-11-7-5-8-12-25)39-34(31)46-24-26-13-9-6-10-14-26/h5-18,21,28-29H,19-20,22-24H2,1-4H3/t28?,29-/m1/s1. The van der Waals surface area contributed by atoms with Crippen molar-refractivity contribution in [1.29, 1.82) is 0 Å². The number of fused-ring (bicyclic) bond motifs is 1. The molecule has 1 fully saturated rings. The van der Waals surface area contributed by atoms with Gasteiger partial charge in [-0.05, 0) is 62.1 Å². The van der Waals surface area contributed by atoms with Crippen molar-refractivity contribution in [2.24, 2.45) is 7.05 Å². The van der Waals surface area contributed by atoms with E-state index in [0.29, 0.717) is 34.8 Å². The summed E-state index contributed by atoms with van der Waals surface area (Å²) in [6, 6.07) is 28.4. The van der Waals surface area contributed by atoms with Crippen LogP contribution in [-0.2, 0) is 25.0 Å². The van der Waals surface area contributed by atoms with Crippen molar-refractivity contribution in [2.75, 3.05) is 13.1 Å². The Morgan fingerprint density at radius 2 is 1.55 bits per heavy atom. The Hall–Kier alpha value is -5.12. The van der Waals surface area contributed by atoms with Crippen molar-refractivity contribution < 1.29 is 23.4 Å². The van der Waals surface area contributed by atoms with Crippen LogP contribution in [0.5, 0.6) is 11.8 Å². The number of imidazole rings is 1. The fourth-order valence-electron chi connectivity index (χ4n) is 5.78. The van der Waals surface area contributed by atoms with Crippen LogP contribution in [-0.4, -0.2) is 50.0 Å². The smallest absolute Gasteiger partial charge is 0.410 e. The highest BCUT2D eigenvalue weighted by atomic mass is 19.1. The van der Waals surface area contributed by atoms with Gasteiger partial charge in [0.2, 0.25) is 11.8 Å². The molecule has 1 unspecified atom stereocenters. The molecule has 1 amide bonds. The Labute approximate surface area is 273 Å². The van der Waals surface area contributed by atoms with E-state index in [-0.39, 0.29) is 37.7 Å². The van der Waals surface area contributed by atoms with E-state index >= 15 is 4.39 Å². The molecule has 1 aliphatic heterocycles. The summed E-state index contributed by atoms with van der Waals surface area (Å²) in [5, 5.41) is 0. The van der Waals surface area contributed by atoms with Gasteiger partial charge in [0, 0.05) is 32.1 Å². The fraction of sp³-hybridized carbons (Fsp3) is 0.324. The minimum absolute atomic E-state index is 0.183. The second-order valence-electron chi connectivity index (χ2n) is 12.8. The number of ether oxygens (including phenoxy) is 3. The van der Waals surface area contributed by atoms with Crippen molar-refractivity contribution >= 4 is 17.1 Å². The Kier molecular flexibility index (Phi) is 9.02. The number of carbonyl (C=O) groups is 1. The first kappa shape index (κ1) is 31.8. The van der Waals surface area contributed by atoms with Gasteiger partial charge in [0.05, 0.1) is 11.0 Å². The lowest BCUT2D eigenvalue weighted by atomic mass is 9.89. The third kappa shape index (κ3) is 7.16. The van der Waals surface area contributed by atoms with Crippen molar-refractivity contribution in [3.8, 4) is 17.4 Å². The van der Waals surface area contributed by atoms with E-state index in [4.69, 9.17) is 14.2 Å². The molecule has 10 heteroatoms. The number of halogens is 1. The first-order valence-electron chi connectivity index (χ1n) is 15.8. The lowest BCUT2D eigenvalue weighted by Gasteiger charge is -2.36. The molecule has 47 heavy (non-hydrogen) atoms. The van der Waals surface area contributed by atoms with E-state index in [1.54, 1.807) is 28.6 Å². The number of hydrogen-bond acceptors (Lipinski definition) is 6. The van der Waals surface area contributed by atoms with Gasteiger partial charge in [0.1, 0.15) is 30.7 Å². The predicted molar refractivity (Wildman–Crippen MR) is 178 cm³/mol. The van der Waals surface area contributed by atoms with Crippen LogP contribution in [0.15, 0.2) is 95.8 Å². The highest BCUT2D eigenvalue weighted by Crippen LogP contribution is 2.34. The monoisotopic (exact) mass is 638 g/mol. The lowest BCUT2D eigenvalue weighted by Crippen LogP contribution is -2.45. The van der Waals surface area contributed by atoms with Gasteiger partial charge in [-0.1, -0.05) is 66.7 Å². The molecule has 6 rings (SSSR count). The van der Waals surface area contributed by atoms with E-state index in [0.717, 1.165) is 11.1 Å². The van der Waals surface area contributed by atoms with Crippen LogP contribution in [0.4, 0.5) is 9.18 Å². The van der Waals surface area contributed by atoms with Gasteiger partial charge in [-0.3, -0.25) is 9.13 Å². The molecule has 0 spiro atoms. The second-order valence-corrected chi connectivity index (χ2v) is 12.8. The maximum atomic E-state index is 15.4. The number of benzene rings is 3. The number of amides is 1. The van der Waals surface area contributed by atoms with Crippen molar-refractivity contribution in [3.05, 3.63) is 118 Å². The van der Waals surface area contributed by atoms with Crippen LogP contribution in [0.1, 0.15) is 49.8 Å². The molecular formula is C37H39FN4O5. The highest BCUT2D eigenvalue weighted by molar-refractivity contribution is 5.80. The van der Waals surface area contributed by atoms with Gasteiger partial charge < -0.3 is 19.1 Å². The molecule has 2 atom stereocenters. The van der Waals surface area contributed by atoms with Crippen LogP contribution in [0.25, 0.3) is 16.7 Å². The number of aryl methyl sites for hydroxylation is 1. The molecule has 1 saturated heterocycles. The van der Waals surface area contributed by atoms with E-state index in [1.165, 1.54) is 4.57 Å². The number of aromatic nitrogens is 3. The van der Waals surface area contributed by atoms with Crippen molar-refractivity contribution in [2.45, 2.75) is 58.1 Å². The second kappa shape index (κ2) is 13.3. The molecule has 244 valence electrons. The Morgan fingerprint density at radius 1 is 0.894 bits per heavy atom. The SMILES string of the molecule is Cn1c(=O)n(-c2ccc(OCc3ccccc3)nc2OCc2ccccc2)c2ccc(C3CN(C(=O)OC(C)(C)C)CC[C@H]3F)cc21. The van der Waals surface area contributed by atoms with Gasteiger partial charge in [-0.2, -0.15) is 4.98 Å². The highest BCUT2D eigenvalue weighted by Gasteiger charge is 2.35. The topological polar surface area (TPSA) is 87.8 Å². The van der Waals surface area contributed by atoms with Gasteiger partial charge in [0.15, 0.2) is 0 Å². The summed E-state index contributed by atoms with van der Waals surface area (Å²) in [5.41, 5.74) is 3.37. The molecule has 9 nitrogen and oxygen atoms in total. The number of alkyl halides is 1. The van der Waals surface area contributed by atoms with Crippen LogP contribution < -0.4 is 15.2 Å². The molecule has 3 aromatic carbocycles. The number of likely N-dealkylation sites (tertiary alicyclic amines) is 1. The van der Waals surface area contributed by atoms with E-state index in [2.05, 4.69) is 4.98 Å². The lowest BCUT2D eigenvalue weighted by molar-refractivity contribution is 0.0135. The first-order chi connectivity index (χ1) is 22.6. The quantitative estimate of drug-likeness (QED) is 0.183. The molecule has 0 aliphatic carbocycles. The Bertz CT molecular complexity index is 1920. The summed E-state index contributed by atoms with van der Waals surface area (Å²) in [6.07, 6.45) is -1.40. The molecule has 3 heterocycles. The Balaban J connectivity index is 1.34. The van der Waals surface area contributed by atoms with Crippen LogP contribution in [0, 0.1) is 0 Å². The van der Waals surface area contributed by atoms with Gasteiger partial charge in [0.25, 0.3) is 0 Å². The van der Waals surface area contributed by atoms with Crippen molar-refractivity contribution in [1.82, 2.24) is 19.0 Å². The third-order valence-corrected chi connectivity index (χ3v) is 8.19. The summed E-state index contributed by atoms with van der Waals surface area (Å²) in [6.45, 7) is 6.45. The summed E-state index contributed by atoms with van der Waals surface area (Å²) in [4.78, 5) is 32.8. The summed E-state index contributed by atoms with van der Waals surface area (Å²) < 4.78 is 36.2. The average Bonchev–Trinajstić information content (AvgIpc) is 3.31. The normalized spacial score (nSPS) is 16.7. The predicted octanol–water partition coefficient (Wildman–Crippen LogP) is 6.94. The van der Waals surface area contributed by atoms with Crippen molar-refractivity contribution in [3.63, 3.8) is 0 Å². The van der Waals surface area contributed by atoms with Gasteiger partial charge in [-0.15, -0.1) is 0 Å². The molecule has 2 aromatic heterocycles. The number of hydrogen-bond donors (Lipinski definition) is 0. The number of piperidine rings is 1. The number of nitrogens with zero attached hydrogens (tertiary/aromatic N) is 4. The van der Waals surface area contributed by atoms with Gasteiger partial charge in [-0.25, -0.2) is 14.0 Å². The minimum atomic E-state index is -1.14. The maximum absolute atomic E-state index is 15.4. The molecule has 0 bridgehead atoms. The van der Waals surface area contributed by atoms with Crippen LogP contribution >= 0.6 is 0 Å². The number of pyridine rings is 1. The molecule has 0 radical (unpaired) electrons. The zero-order valence-corrected chi connectivity index (χ0v) is 27.1. The van der Waals surface area contributed by atoms with E-state index in [9.17, 15) is 9.59 Å². The third-order valence-electron chi connectivity index (χ3n) is 8.19. The fourth-order valence-corrected chi connectivity index (χ4v) is 5.78. The zero-order valence-electron chi connectivity index (χ0n) is 27.1. The average molecular weight is 639 g/mol. The Morgan fingerprint density at radius 3 is 2.21 bits per heavy atom. The summed E-state index contributed by atoms with van der Waals surface area (Å²) in [7, 11) is 1.68. The molecule has 0 N–H and O–H groups in total. The van der Waals surface area contributed by atoms with Crippen LogP contribution in [0.2, 0.25) is 0 Å². The minimum Gasteiger partial charge on any atom is -0.473 e. The number of carbonyl (C=O) groups excluding carboxylic acids is 1. The summed E-state index contributed by atoms with van der Waals surface area (Å²) in [5.74, 6) is 0.0332. The molecule has 1 aliphatic rings. The summed E-state index contributed by atoms with van der Waals surface area (Å²) >= 11 is 0.